The first-order valence-corrected chi connectivity index (χ1v) is 10.6. The van der Waals surface area contributed by atoms with Gasteiger partial charge < -0.3 is 20.5 Å². The van der Waals surface area contributed by atoms with Gasteiger partial charge in [0.1, 0.15) is 5.82 Å². The average Bonchev–Trinajstić information content (AvgIpc) is 2.99. The number of rotatable bonds is 3. The maximum Gasteiger partial charge on any atom is 0.324 e. The summed E-state index contributed by atoms with van der Waals surface area (Å²) in [6.45, 7) is 7.08. The second kappa shape index (κ2) is 9.20. The molecule has 3 rings (SSSR count). The van der Waals surface area contributed by atoms with E-state index >= 15 is 0 Å². The van der Waals surface area contributed by atoms with Crippen molar-refractivity contribution in [1.29, 1.82) is 0 Å². The zero-order valence-corrected chi connectivity index (χ0v) is 19.1. The van der Waals surface area contributed by atoms with Gasteiger partial charge in [-0.05, 0) is 18.2 Å². The predicted octanol–water partition coefficient (Wildman–Crippen LogP) is 4.23. The topological polar surface area (TPSA) is 106 Å². The Hall–Kier alpha value is -2.71. The maximum absolute atomic E-state index is 13.2. The summed E-state index contributed by atoms with van der Waals surface area (Å²) in [5.74, 6) is -0.0793. The van der Waals surface area contributed by atoms with E-state index in [2.05, 4.69) is 20.9 Å². The van der Waals surface area contributed by atoms with Crippen LogP contribution in [-0.2, 0) is 10.2 Å². The van der Waals surface area contributed by atoms with Gasteiger partial charge in [0.05, 0.1) is 21.3 Å². The molecule has 1 aliphatic rings. The normalized spacial score (nSPS) is 14.6. The standard InChI is InChI=1S/C21H25Cl2N5O3/c1-21(2,3)15-11-12(19(30)28-9-7-16(29)24-8-10-28)18(26-15)27-20(31)25-14-6-4-5-13(22)17(14)23/h4-6,11,26H,7-10H2,1-3H3,(H,24,29)(H2,25,27,31). The molecular weight excluding hydrogens is 441 g/mol. The SMILES string of the molecule is CC(C)(C)c1cc(C(=O)N2CCNC(=O)CC2)c(NC(=O)Nc2cccc(Cl)c2Cl)[nH]1. The number of anilines is 2. The fraction of sp³-hybridized carbons (Fsp3) is 0.381. The van der Waals surface area contributed by atoms with Gasteiger partial charge in [0, 0.05) is 37.2 Å². The molecule has 4 N–H and O–H groups in total. The van der Waals surface area contributed by atoms with Gasteiger partial charge in [0.15, 0.2) is 0 Å². The molecule has 31 heavy (non-hydrogen) atoms. The summed E-state index contributed by atoms with van der Waals surface area (Å²) in [6, 6.07) is 6.07. The Bertz CT molecular complexity index is 1010. The van der Waals surface area contributed by atoms with Crippen molar-refractivity contribution in [2.75, 3.05) is 30.3 Å². The molecule has 1 aromatic carbocycles. The van der Waals surface area contributed by atoms with Crippen LogP contribution < -0.4 is 16.0 Å². The largest absolute Gasteiger partial charge is 0.354 e. The first-order chi connectivity index (χ1) is 14.6. The van der Waals surface area contributed by atoms with Gasteiger partial charge >= 0.3 is 6.03 Å². The zero-order chi connectivity index (χ0) is 22.8. The van der Waals surface area contributed by atoms with Crippen LogP contribution in [0.3, 0.4) is 0 Å². The van der Waals surface area contributed by atoms with E-state index in [-0.39, 0.29) is 34.5 Å². The number of hydrogen-bond donors (Lipinski definition) is 4. The summed E-state index contributed by atoms with van der Waals surface area (Å²) in [5.41, 5.74) is 1.18. The molecule has 1 aromatic heterocycles. The number of nitrogens with zero attached hydrogens (tertiary/aromatic N) is 1. The van der Waals surface area contributed by atoms with E-state index in [1.807, 2.05) is 20.8 Å². The van der Waals surface area contributed by atoms with Crippen LogP contribution in [0.4, 0.5) is 16.3 Å². The molecule has 1 saturated heterocycles. The van der Waals surface area contributed by atoms with Crippen LogP contribution in [0.15, 0.2) is 24.3 Å². The Morgan fingerprint density at radius 3 is 2.58 bits per heavy atom. The molecule has 0 spiro atoms. The Labute approximate surface area is 190 Å². The summed E-state index contributed by atoms with van der Waals surface area (Å²) >= 11 is 12.1. The van der Waals surface area contributed by atoms with Crippen molar-refractivity contribution in [2.45, 2.75) is 32.6 Å². The van der Waals surface area contributed by atoms with Crippen LogP contribution in [0.2, 0.25) is 10.0 Å². The van der Waals surface area contributed by atoms with Crippen LogP contribution >= 0.6 is 23.2 Å². The number of amides is 4. The molecular formula is C21H25Cl2N5O3. The van der Waals surface area contributed by atoms with Crippen molar-refractivity contribution in [3.05, 3.63) is 45.6 Å². The maximum atomic E-state index is 13.2. The van der Waals surface area contributed by atoms with Crippen LogP contribution in [0.25, 0.3) is 0 Å². The number of urea groups is 1. The molecule has 0 aliphatic carbocycles. The zero-order valence-electron chi connectivity index (χ0n) is 17.6. The molecule has 1 aliphatic heterocycles. The van der Waals surface area contributed by atoms with Crippen molar-refractivity contribution < 1.29 is 14.4 Å². The van der Waals surface area contributed by atoms with E-state index in [9.17, 15) is 14.4 Å². The Balaban J connectivity index is 1.85. The second-order valence-electron chi connectivity index (χ2n) is 8.29. The number of aromatic amines is 1. The van der Waals surface area contributed by atoms with Gasteiger partial charge in [-0.25, -0.2) is 4.79 Å². The number of carbonyl (C=O) groups excluding carboxylic acids is 3. The van der Waals surface area contributed by atoms with E-state index in [1.54, 1.807) is 29.2 Å². The summed E-state index contributed by atoms with van der Waals surface area (Å²) < 4.78 is 0. The van der Waals surface area contributed by atoms with Gasteiger partial charge in [-0.1, -0.05) is 50.0 Å². The number of carbonyl (C=O) groups is 3. The van der Waals surface area contributed by atoms with Crippen LogP contribution in [0.1, 0.15) is 43.2 Å². The number of benzene rings is 1. The molecule has 10 heteroatoms. The molecule has 166 valence electrons. The average molecular weight is 466 g/mol. The van der Waals surface area contributed by atoms with Crippen molar-refractivity contribution in [1.82, 2.24) is 15.2 Å². The minimum absolute atomic E-state index is 0.0872. The van der Waals surface area contributed by atoms with Gasteiger partial charge in [0.2, 0.25) is 5.91 Å². The number of hydrogen-bond acceptors (Lipinski definition) is 3. The van der Waals surface area contributed by atoms with Crippen molar-refractivity contribution >= 4 is 52.6 Å². The van der Waals surface area contributed by atoms with Crippen molar-refractivity contribution in [3.8, 4) is 0 Å². The van der Waals surface area contributed by atoms with Crippen LogP contribution in [0, 0.1) is 0 Å². The van der Waals surface area contributed by atoms with Gasteiger partial charge in [-0.2, -0.15) is 0 Å². The Kier molecular flexibility index (Phi) is 6.81. The first-order valence-electron chi connectivity index (χ1n) is 9.87. The van der Waals surface area contributed by atoms with Crippen molar-refractivity contribution in [2.24, 2.45) is 0 Å². The Morgan fingerprint density at radius 1 is 1.13 bits per heavy atom. The van der Waals surface area contributed by atoms with Gasteiger partial charge in [-0.15, -0.1) is 0 Å². The molecule has 0 unspecified atom stereocenters. The van der Waals surface area contributed by atoms with E-state index < -0.39 is 6.03 Å². The number of nitrogens with one attached hydrogen (secondary N) is 4. The molecule has 1 fully saturated rings. The summed E-state index contributed by atoms with van der Waals surface area (Å²) in [5, 5.41) is 8.63. The lowest BCUT2D eigenvalue weighted by molar-refractivity contribution is -0.120. The molecule has 2 heterocycles. The Morgan fingerprint density at radius 2 is 1.87 bits per heavy atom. The quantitative estimate of drug-likeness (QED) is 0.544. The van der Waals surface area contributed by atoms with E-state index in [0.717, 1.165) is 5.69 Å². The minimum Gasteiger partial charge on any atom is -0.354 e. The highest BCUT2D eigenvalue weighted by molar-refractivity contribution is 6.44. The van der Waals surface area contributed by atoms with E-state index in [1.165, 1.54) is 0 Å². The lowest BCUT2D eigenvalue weighted by Crippen LogP contribution is -2.34. The lowest BCUT2D eigenvalue weighted by atomic mass is 9.92. The third kappa shape index (κ3) is 5.51. The highest BCUT2D eigenvalue weighted by Gasteiger charge is 2.27. The third-order valence-electron chi connectivity index (χ3n) is 4.89. The molecule has 0 atom stereocenters. The highest BCUT2D eigenvalue weighted by atomic mass is 35.5. The summed E-state index contributed by atoms with van der Waals surface area (Å²) in [4.78, 5) is 42.2. The number of aromatic nitrogens is 1. The summed E-state index contributed by atoms with van der Waals surface area (Å²) in [6.07, 6.45) is 0.235. The van der Waals surface area contributed by atoms with Crippen LogP contribution in [-0.4, -0.2) is 47.4 Å². The van der Waals surface area contributed by atoms with Gasteiger partial charge in [0.25, 0.3) is 5.91 Å². The first kappa shape index (κ1) is 23.0. The van der Waals surface area contributed by atoms with E-state index in [4.69, 9.17) is 23.2 Å². The molecule has 2 aromatic rings. The minimum atomic E-state index is -0.576. The summed E-state index contributed by atoms with van der Waals surface area (Å²) in [7, 11) is 0. The van der Waals surface area contributed by atoms with Crippen LogP contribution in [0.5, 0.6) is 0 Å². The molecule has 8 nitrogen and oxygen atoms in total. The smallest absolute Gasteiger partial charge is 0.324 e. The fourth-order valence-corrected chi connectivity index (χ4v) is 3.48. The molecule has 0 bridgehead atoms. The molecule has 0 saturated carbocycles. The second-order valence-corrected chi connectivity index (χ2v) is 9.08. The lowest BCUT2D eigenvalue weighted by Gasteiger charge is -2.19. The highest BCUT2D eigenvalue weighted by Crippen LogP contribution is 2.31. The number of H-pyrrole nitrogens is 1. The van der Waals surface area contributed by atoms with Crippen molar-refractivity contribution in [3.63, 3.8) is 0 Å². The monoisotopic (exact) mass is 465 g/mol. The van der Waals surface area contributed by atoms with E-state index in [0.29, 0.717) is 35.9 Å². The molecule has 4 amide bonds. The fourth-order valence-electron chi connectivity index (χ4n) is 3.13. The van der Waals surface area contributed by atoms with Gasteiger partial charge in [-0.3, -0.25) is 14.9 Å². The molecule has 0 radical (unpaired) electrons. The number of halogens is 2. The predicted molar refractivity (Wildman–Crippen MR) is 122 cm³/mol. The third-order valence-corrected chi connectivity index (χ3v) is 5.71.